The summed E-state index contributed by atoms with van der Waals surface area (Å²) in [7, 11) is 0. The van der Waals surface area contributed by atoms with E-state index in [4.69, 9.17) is 20.8 Å². The number of benzene rings is 2. The van der Waals surface area contributed by atoms with E-state index >= 15 is 0 Å². The summed E-state index contributed by atoms with van der Waals surface area (Å²) >= 11 is 5.82. The van der Waals surface area contributed by atoms with Crippen molar-refractivity contribution in [2.24, 2.45) is 0 Å². The smallest absolute Gasteiger partial charge is 0.339 e. The first-order chi connectivity index (χ1) is 12.5. The summed E-state index contributed by atoms with van der Waals surface area (Å²) in [5.74, 6) is 0.322. The molecule has 0 amide bonds. The first-order valence-corrected chi connectivity index (χ1v) is 8.85. The maximum absolute atomic E-state index is 12.2. The van der Waals surface area contributed by atoms with E-state index in [2.05, 4.69) is 0 Å². The highest BCUT2D eigenvalue weighted by Crippen LogP contribution is 2.25. The molecule has 0 spiro atoms. The van der Waals surface area contributed by atoms with Crippen LogP contribution in [0.4, 0.5) is 0 Å². The largest absolute Gasteiger partial charge is 0.485 e. The number of rotatable bonds is 6. The Morgan fingerprint density at radius 2 is 1.88 bits per heavy atom. The Labute approximate surface area is 156 Å². The molecule has 0 aliphatic carbocycles. The molecule has 3 aromatic rings. The van der Waals surface area contributed by atoms with Gasteiger partial charge in [0.1, 0.15) is 11.3 Å². The summed E-state index contributed by atoms with van der Waals surface area (Å²) in [6.45, 7) is 3.84. The molecular weight excluding hydrogens is 352 g/mol. The highest BCUT2D eigenvalue weighted by molar-refractivity contribution is 6.30. The van der Waals surface area contributed by atoms with E-state index in [1.807, 2.05) is 19.9 Å². The minimum atomic E-state index is -0.314. The standard InChI is InChI=1S/C21H19ClO4/c1-3-4-18-13(2)17-10-9-16(11-20(17)26-21(18)24)25-12-19(23)14-5-7-15(22)8-6-14/h5-11H,3-4,12H2,1-2H3. The SMILES string of the molecule is CCCc1c(C)c2ccc(OCC(=O)c3ccc(Cl)cc3)cc2oc1=O. The van der Waals surface area contributed by atoms with Crippen LogP contribution in [-0.4, -0.2) is 12.4 Å². The van der Waals surface area contributed by atoms with Gasteiger partial charge in [0.25, 0.3) is 0 Å². The number of halogens is 1. The molecule has 0 atom stereocenters. The van der Waals surface area contributed by atoms with E-state index in [0.717, 1.165) is 17.4 Å². The van der Waals surface area contributed by atoms with Gasteiger partial charge in [0, 0.05) is 27.6 Å². The van der Waals surface area contributed by atoms with Crippen molar-refractivity contribution in [1.29, 1.82) is 0 Å². The fourth-order valence-electron chi connectivity index (χ4n) is 2.87. The van der Waals surface area contributed by atoms with Gasteiger partial charge in [-0.2, -0.15) is 0 Å². The van der Waals surface area contributed by atoms with E-state index in [1.165, 1.54) is 0 Å². The Morgan fingerprint density at radius 3 is 2.58 bits per heavy atom. The number of carbonyl (C=O) groups is 1. The molecule has 2 aromatic carbocycles. The van der Waals surface area contributed by atoms with Crippen molar-refractivity contribution >= 4 is 28.4 Å². The van der Waals surface area contributed by atoms with Gasteiger partial charge in [-0.05, 0) is 55.3 Å². The molecule has 0 fully saturated rings. The molecular formula is C21H19ClO4. The summed E-state index contributed by atoms with van der Waals surface area (Å²) in [5.41, 5.74) is 2.32. The van der Waals surface area contributed by atoms with Crippen LogP contribution in [0.2, 0.25) is 5.02 Å². The number of carbonyl (C=O) groups excluding carboxylic acids is 1. The number of fused-ring (bicyclic) bond motifs is 1. The molecule has 0 N–H and O–H groups in total. The highest BCUT2D eigenvalue weighted by atomic mass is 35.5. The lowest BCUT2D eigenvalue weighted by Gasteiger charge is -2.09. The average Bonchev–Trinajstić information content (AvgIpc) is 2.63. The second-order valence-corrected chi connectivity index (χ2v) is 6.56. The molecule has 0 aliphatic heterocycles. The van der Waals surface area contributed by atoms with E-state index in [0.29, 0.717) is 33.9 Å². The molecule has 4 nitrogen and oxygen atoms in total. The summed E-state index contributed by atoms with van der Waals surface area (Å²) in [5, 5.41) is 1.45. The molecule has 0 aliphatic rings. The topological polar surface area (TPSA) is 56.5 Å². The average molecular weight is 371 g/mol. The predicted octanol–water partition coefficient (Wildman–Crippen LogP) is 4.97. The van der Waals surface area contributed by atoms with Crippen LogP contribution in [0.5, 0.6) is 5.75 Å². The molecule has 0 unspecified atom stereocenters. The molecule has 1 aromatic heterocycles. The van der Waals surface area contributed by atoms with Gasteiger partial charge in [0.05, 0.1) is 0 Å². The summed E-state index contributed by atoms with van der Waals surface area (Å²) in [6.07, 6.45) is 1.57. The van der Waals surface area contributed by atoms with Crippen LogP contribution < -0.4 is 10.4 Å². The summed E-state index contributed by atoms with van der Waals surface area (Å²) < 4.78 is 11.0. The van der Waals surface area contributed by atoms with Gasteiger partial charge in [0.15, 0.2) is 12.4 Å². The van der Waals surface area contributed by atoms with Crippen molar-refractivity contribution < 1.29 is 13.9 Å². The minimum Gasteiger partial charge on any atom is -0.485 e. The Kier molecular flexibility index (Phi) is 5.43. The Morgan fingerprint density at radius 1 is 1.15 bits per heavy atom. The third-order valence-corrected chi connectivity index (χ3v) is 4.55. The van der Waals surface area contributed by atoms with Gasteiger partial charge in [-0.25, -0.2) is 4.79 Å². The fraction of sp³-hybridized carbons (Fsp3) is 0.238. The quantitative estimate of drug-likeness (QED) is 0.454. The lowest BCUT2D eigenvalue weighted by atomic mass is 10.0. The monoisotopic (exact) mass is 370 g/mol. The maximum atomic E-state index is 12.2. The second-order valence-electron chi connectivity index (χ2n) is 6.12. The molecule has 0 saturated heterocycles. The number of aryl methyl sites for hydroxylation is 1. The van der Waals surface area contributed by atoms with Gasteiger partial charge in [-0.15, -0.1) is 0 Å². The lowest BCUT2D eigenvalue weighted by molar-refractivity contribution is 0.0921. The van der Waals surface area contributed by atoms with Crippen molar-refractivity contribution in [2.45, 2.75) is 26.7 Å². The third-order valence-electron chi connectivity index (χ3n) is 4.29. The zero-order valence-electron chi connectivity index (χ0n) is 14.7. The Balaban J connectivity index is 1.81. The molecule has 5 heteroatoms. The van der Waals surface area contributed by atoms with Gasteiger partial charge in [-0.3, -0.25) is 4.79 Å². The van der Waals surface area contributed by atoms with Crippen molar-refractivity contribution in [1.82, 2.24) is 0 Å². The maximum Gasteiger partial charge on any atom is 0.339 e. The zero-order chi connectivity index (χ0) is 18.7. The van der Waals surface area contributed by atoms with Crippen molar-refractivity contribution in [2.75, 3.05) is 6.61 Å². The van der Waals surface area contributed by atoms with Gasteiger partial charge < -0.3 is 9.15 Å². The van der Waals surface area contributed by atoms with E-state index in [9.17, 15) is 9.59 Å². The molecule has 0 saturated carbocycles. The molecule has 1 heterocycles. The number of Topliss-reactive ketones (excluding diaryl/α,β-unsaturated/α-hetero) is 1. The van der Waals surface area contributed by atoms with E-state index in [-0.39, 0.29) is 18.0 Å². The number of hydrogen-bond donors (Lipinski definition) is 0. The Hall–Kier alpha value is -2.59. The van der Waals surface area contributed by atoms with Crippen LogP contribution in [0.25, 0.3) is 11.0 Å². The summed E-state index contributed by atoms with van der Waals surface area (Å²) in [4.78, 5) is 24.3. The predicted molar refractivity (Wildman–Crippen MR) is 102 cm³/mol. The molecule has 134 valence electrons. The van der Waals surface area contributed by atoms with Crippen LogP contribution in [0.15, 0.2) is 51.7 Å². The number of ether oxygens (including phenoxy) is 1. The molecule has 0 radical (unpaired) electrons. The molecule has 26 heavy (non-hydrogen) atoms. The van der Waals surface area contributed by atoms with Crippen molar-refractivity contribution in [3.63, 3.8) is 0 Å². The summed E-state index contributed by atoms with van der Waals surface area (Å²) in [6, 6.07) is 11.9. The van der Waals surface area contributed by atoms with Gasteiger partial charge >= 0.3 is 5.63 Å². The zero-order valence-corrected chi connectivity index (χ0v) is 15.4. The van der Waals surface area contributed by atoms with Crippen LogP contribution in [0.3, 0.4) is 0 Å². The normalized spacial score (nSPS) is 10.9. The first-order valence-electron chi connectivity index (χ1n) is 8.47. The first kappa shape index (κ1) is 18.2. The van der Waals surface area contributed by atoms with Crippen LogP contribution in [0.1, 0.15) is 34.8 Å². The van der Waals surface area contributed by atoms with Gasteiger partial charge in [-0.1, -0.05) is 24.9 Å². The van der Waals surface area contributed by atoms with Crippen LogP contribution >= 0.6 is 11.6 Å². The van der Waals surface area contributed by atoms with Crippen LogP contribution in [-0.2, 0) is 6.42 Å². The molecule has 3 rings (SSSR count). The molecule has 0 bridgehead atoms. The Bertz CT molecular complexity index is 1000. The van der Waals surface area contributed by atoms with Gasteiger partial charge in [0.2, 0.25) is 0 Å². The van der Waals surface area contributed by atoms with Crippen LogP contribution in [0, 0.1) is 6.92 Å². The number of hydrogen-bond acceptors (Lipinski definition) is 4. The minimum absolute atomic E-state index is 0.107. The van der Waals surface area contributed by atoms with Crippen molar-refractivity contribution in [3.05, 3.63) is 74.6 Å². The van der Waals surface area contributed by atoms with E-state index in [1.54, 1.807) is 36.4 Å². The third kappa shape index (κ3) is 3.81. The van der Waals surface area contributed by atoms with E-state index < -0.39 is 0 Å². The fourth-order valence-corrected chi connectivity index (χ4v) is 3.00. The highest BCUT2D eigenvalue weighted by Gasteiger charge is 2.12. The number of ketones is 1. The second kappa shape index (κ2) is 7.75. The van der Waals surface area contributed by atoms with Crippen molar-refractivity contribution in [3.8, 4) is 5.75 Å². The lowest BCUT2D eigenvalue weighted by Crippen LogP contribution is -2.12.